The van der Waals surface area contributed by atoms with E-state index in [2.05, 4.69) is 4.98 Å². The van der Waals surface area contributed by atoms with E-state index in [9.17, 15) is 0 Å². The molecule has 0 atom stereocenters. The molecule has 0 fully saturated rings. The second-order valence-electron chi connectivity index (χ2n) is 7.98. The molecule has 2 aromatic carbocycles. The van der Waals surface area contributed by atoms with E-state index in [1.165, 1.54) is 6.20 Å². The Bertz CT molecular complexity index is 1680. The monoisotopic (exact) mass is 397 g/mol. The highest BCUT2D eigenvalue weighted by atomic mass is 16.3. The zero-order chi connectivity index (χ0) is 25.6. The van der Waals surface area contributed by atoms with Crippen molar-refractivity contribution in [3.05, 3.63) is 83.8 Å². The van der Waals surface area contributed by atoms with Crippen molar-refractivity contribution in [3.63, 3.8) is 0 Å². The molecular weight excluding hydrogens is 368 g/mol. The molecule has 146 valence electrons. The molecule has 3 heterocycles. The van der Waals surface area contributed by atoms with Crippen LogP contribution < -0.4 is 4.57 Å². The number of aromatic nitrogens is 2. The van der Waals surface area contributed by atoms with E-state index in [1.54, 1.807) is 24.3 Å². The highest BCUT2D eigenvalue weighted by molar-refractivity contribution is 6.11. The van der Waals surface area contributed by atoms with Crippen LogP contribution in [0.4, 0.5) is 0 Å². The van der Waals surface area contributed by atoms with E-state index in [0.29, 0.717) is 27.7 Å². The molecule has 0 N–H and O–H groups in total. The van der Waals surface area contributed by atoms with Crippen LogP contribution in [0.1, 0.15) is 38.7 Å². The van der Waals surface area contributed by atoms with Gasteiger partial charge in [0.15, 0.2) is 6.20 Å². The molecule has 3 nitrogen and oxygen atoms in total. The van der Waals surface area contributed by atoms with Gasteiger partial charge in [-0.25, -0.2) is 4.57 Å². The standard InChI is InChI=1S/C27H23N2O/c1-16-10-11-17-20-14-21-19(18-8-7-12-28-26(18)27(21,2)3)15-23(20)30-25(17)24(16)22-9-5-6-13-29(22)4/h5-15H,1-4H3/q+1/i2D3,3D3. The van der Waals surface area contributed by atoms with Crippen LogP contribution in [0.25, 0.3) is 44.3 Å². The molecule has 6 rings (SSSR count). The lowest BCUT2D eigenvalue weighted by Gasteiger charge is -2.19. The maximum Gasteiger partial charge on any atom is 0.216 e. The minimum Gasteiger partial charge on any atom is -0.455 e. The average Bonchev–Trinajstić information content (AvgIpc) is 3.31. The number of furan rings is 1. The zero-order valence-corrected chi connectivity index (χ0v) is 16.7. The van der Waals surface area contributed by atoms with Gasteiger partial charge in [-0.05, 0) is 47.9 Å². The van der Waals surface area contributed by atoms with Gasteiger partial charge in [0.05, 0.1) is 11.3 Å². The van der Waals surface area contributed by atoms with Crippen molar-refractivity contribution in [2.45, 2.75) is 26.0 Å². The van der Waals surface area contributed by atoms with Crippen LogP contribution in [0.5, 0.6) is 0 Å². The molecule has 3 aromatic heterocycles. The third kappa shape index (κ3) is 2.15. The number of pyridine rings is 2. The summed E-state index contributed by atoms with van der Waals surface area (Å²) in [6.07, 6.45) is 3.42. The molecule has 0 amide bonds. The van der Waals surface area contributed by atoms with E-state index < -0.39 is 19.1 Å². The summed E-state index contributed by atoms with van der Waals surface area (Å²) in [5, 5.41) is 1.47. The summed E-state index contributed by atoms with van der Waals surface area (Å²) in [6.45, 7) is -3.70. The van der Waals surface area contributed by atoms with E-state index >= 15 is 0 Å². The summed E-state index contributed by atoms with van der Waals surface area (Å²) in [5.41, 5.74) is 3.27. The Labute approximate surface area is 184 Å². The molecule has 0 aliphatic heterocycles. The predicted molar refractivity (Wildman–Crippen MR) is 120 cm³/mol. The topological polar surface area (TPSA) is 29.9 Å². The minimum atomic E-state index is -2.86. The van der Waals surface area contributed by atoms with Gasteiger partial charge >= 0.3 is 0 Å². The largest absolute Gasteiger partial charge is 0.455 e. The lowest BCUT2D eigenvalue weighted by molar-refractivity contribution is -0.660. The third-order valence-corrected chi connectivity index (χ3v) is 6.16. The van der Waals surface area contributed by atoms with Crippen LogP contribution in [-0.4, -0.2) is 4.98 Å². The molecule has 0 bridgehead atoms. The molecule has 3 heteroatoms. The van der Waals surface area contributed by atoms with Crippen molar-refractivity contribution in [1.29, 1.82) is 0 Å². The van der Waals surface area contributed by atoms with E-state index in [0.717, 1.165) is 22.2 Å². The fraction of sp³-hybridized carbons (Fsp3) is 0.185. The fourth-order valence-corrected chi connectivity index (χ4v) is 4.67. The SMILES string of the molecule is [2H]C([2H])([2H])C1(C([2H])([2H])[2H])c2cc3c(cc2-c2cccnc21)oc1c(-c2cccc[n+]2C)c(C)ccc13. The van der Waals surface area contributed by atoms with E-state index in [1.807, 2.05) is 55.1 Å². The van der Waals surface area contributed by atoms with Gasteiger partial charge in [0.2, 0.25) is 5.69 Å². The van der Waals surface area contributed by atoms with Gasteiger partial charge in [-0.3, -0.25) is 4.98 Å². The first-order valence-corrected chi connectivity index (χ1v) is 9.88. The number of aryl methyl sites for hydroxylation is 2. The quantitative estimate of drug-likeness (QED) is 0.321. The number of fused-ring (bicyclic) bond motifs is 6. The van der Waals surface area contributed by atoms with Crippen LogP contribution in [-0.2, 0) is 12.5 Å². The Morgan fingerprint density at radius 2 is 1.90 bits per heavy atom. The third-order valence-electron chi connectivity index (χ3n) is 6.16. The summed E-state index contributed by atoms with van der Waals surface area (Å²) in [5.74, 6) is 0. The highest BCUT2D eigenvalue weighted by Crippen LogP contribution is 2.50. The zero-order valence-electron chi connectivity index (χ0n) is 22.7. The summed E-state index contributed by atoms with van der Waals surface area (Å²) >= 11 is 0. The first-order valence-electron chi connectivity index (χ1n) is 12.9. The molecule has 30 heavy (non-hydrogen) atoms. The predicted octanol–water partition coefficient (Wildman–Crippen LogP) is 6.09. The van der Waals surface area contributed by atoms with Gasteiger partial charge in [-0.15, -0.1) is 0 Å². The first-order chi connectivity index (χ1) is 17.0. The van der Waals surface area contributed by atoms with Crippen molar-refractivity contribution in [2.24, 2.45) is 7.05 Å². The second kappa shape index (κ2) is 5.79. The summed E-state index contributed by atoms with van der Waals surface area (Å²) in [4.78, 5) is 4.32. The van der Waals surface area contributed by atoms with Crippen molar-refractivity contribution in [3.8, 4) is 22.4 Å². The summed E-state index contributed by atoms with van der Waals surface area (Å²) < 4.78 is 59.1. The van der Waals surface area contributed by atoms with Crippen LogP contribution >= 0.6 is 0 Å². The number of hydrogen-bond acceptors (Lipinski definition) is 2. The van der Waals surface area contributed by atoms with E-state index in [-0.39, 0.29) is 11.3 Å². The minimum absolute atomic E-state index is 0.0600. The van der Waals surface area contributed by atoms with Crippen LogP contribution in [0, 0.1) is 6.92 Å². The maximum atomic E-state index is 8.43. The second-order valence-corrected chi connectivity index (χ2v) is 7.98. The van der Waals surface area contributed by atoms with E-state index in [4.69, 9.17) is 12.6 Å². The fourth-order valence-electron chi connectivity index (χ4n) is 4.67. The Balaban J connectivity index is 1.76. The van der Waals surface area contributed by atoms with Crippen LogP contribution in [0.2, 0.25) is 0 Å². The lowest BCUT2D eigenvalue weighted by atomic mass is 9.84. The molecule has 0 unspecified atom stereocenters. The average molecular weight is 398 g/mol. The number of benzene rings is 2. The molecular formula is C27H23N2O+. The first kappa shape index (κ1) is 12.3. The summed E-state index contributed by atoms with van der Waals surface area (Å²) in [7, 11) is 1.97. The number of nitrogens with zero attached hydrogens (tertiary/aromatic N) is 2. The molecule has 1 aliphatic carbocycles. The Morgan fingerprint density at radius 3 is 2.73 bits per heavy atom. The van der Waals surface area contributed by atoms with Crippen molar-refractivity contribution >= 4 is 21.9 Å². The van der Waals surface area contributed by atoms with Crippen molar-refractivity contribution in [2.75, 3.05) is 0 Å². The Kier molecular flexibility index (Phi) is 2.37. The number of hydrogen-bond donors (Lipinski definition) is 0. The molecule has 0 saturated carbocycles. The smallest absolute Gasteiger partial charge is 0.216 e. The van der Waals surface area contributed by atoms with Crippen molar-refractivity contribution in [1.82, 2.24) is 4.98 Å². The highest BCUT2D eigenvalue weighted by Gasteiger charge is 2.37. The van der Waals surface area contributed by atoms with Crippen LogP contribution in [0.15, 0.2) is 71.4 Å². The molecule has 0 radical (unpaired) electrons. The Hall–Kier alpha value is -3.46. The van der Waals surface area contributed by atoms with Gasteiger partial charge < -0.3 is 4.42 Å². The number of rotatable bonds is 1. The van der Waals surface area contributed by atoms with Gasteiger partial charge in [0.1, 0.15) is 18.2 Å². The van der Waals surface area contributed by atoms with Gasteiger partial charge in [0, 0.05) is 48.3 Å². The maximum absolute atomic E-state index is 8.43. The molecule has 1 aliphatic rings. The lowest BCUT2D eigenvalue weighted by Crippen LogP contribution is -2.30. The summed E-state index contributed by atoms with van der Waals surface area (Å²) in [6, 6.07) is 16.8. The molecule has 5 aromatic rings. The van der Waals surface area contributed by atoms with Crippen LogP contribution in [0.3, 0.4) is 0 Å². The Morgan fingerprint density at radius 1 is 1.00 bits per heavy atom. The van der Waals surface area contributed by atoms with Crippen molar-refractivity contribution < 1.29 is 17.2 Å². The molecule has 0 saturated heterocycles. The molecule has 0 spiro atoms. The van der Waals surface area contributed by atoms with Gasteiger partial charge in [0.25, 0.3) is 0 Å². The van der Waals surface area contributed by atoms with Gasteiger partial charge in [-0.2, -0.15) is 0 Å². The van der Waals surface area contributed by atoms with Gasteiger partial charge in [-0.1, -0.05) is 31.9 Å². The normalized spacial score (nSPS) is 18.1.